The Morgan fingerprint density at radius 1 is 1.14 bits per heavy atom. The van der Waals surface area contributed by atoms with Crippen molar-refractivity contribution in [3.05, 3.63) is 53.6 Å². The number of hydrazine groups is 1. The van der Waals surface area contributed by atoms with Crippen molar-refractivity contribution in [2.75, 3.05) is 5.32 Å². The molecule has 2 aromatic carbocycles. The Bertz CT molecular complexity index is 947. The number of ether oxygens (including phenoxy) is 1. The molecule has 3 N–H and O–H groups in total. The molecule has 0 saturated heterocycles. The summed E-state index contributed by atoms with van der Waals surface area (Å²) in [6, 6.07) is 13.0. The van der Waals surface area contributed by atoms with Gasteiger partial charge in [-0.15, -0.1) is 11.8 Å². The predicted molar refractivity (Wildman–Crippen MR) is 112 cm³/mol. The molecule has 0 aromatic heterocycles. The maximum atomic E-state index is 12.2. The fourth-order valence-electron chi connectivity index (χ4n) is 2.78. The average molecular weight is 413 g/mol. The third-order valence-electron chi connectivity index (χ3n) is 4.63. The van der Waals surface area contributed by atoms with Crippen LogP contribution in [-0.2, 0) is 14.4 Å². The van der Waals surface area contributed by atoms with Crippen LogP contribution in [0, 0.1) is 13.8 Å². The molecule has 1 aliphatic heterocycles. The second kappa shape index (κ2) is 9.00. The number of benzene rings is 2. The number of hydrogen-bond acceptors (Lipinski definition) is 5. The largest absolute Gasteiger partial charge is 0.481 e. The molecule has 0 unspecified atom stereocenters. The molecular formula is C21H23N3O4S. The normalized spacial score (nSPS) is 16.2. The van der Waals surface area contributed by atoms with Gasteiger partial charge in [0.2, 0.25) is 11.8 Å². The molecule has 3 amide bonds. The summed E-state index contributed by atoms with van der Waals surface area (Å²) in [5.74, 6) is -0.551. The fraction of sp³-hybridized carbons (Fsp3) is 0.286. The molecular weight excluding hydrogens is 390 g/mol. The van der Waals surface area contributed by atoms with Crippen LogP contribution in [0.4, 0.5) is 5.69 Å². The van der Waals surface area contributed by atoms with Crippen molar-refractivity contribution in [3.8, 4) is 5.75 Å². The fourth-order valence-corrected chi connectivity index (χ4v) is 3.89. The number of anilines is 1. The second-order valence-electron chi connectivity index (χ2n) is 6.79. The number of para-hydroxylation sites is 1. The molecule has 0 bridgehead atoms. The number of fused-ring (bicyclic) bond motifs is 1. The van der Waals surface area contributed by atoms with E-state index in [0.717, 1.165) is 21.7 Å². The molecule has 7 nitrogen and oxygen atoms in total. The predicted octanol–water partition coefficient (Wildman–Crippen LogP) is 2.72. The van der Waals surface area contributed by atoms with Gasteiger partial charge in [0, 0.05) is 11.3 Å². The van der Waals surface area contributed by atoms with Crippen molar-refractivity contribution in [1.82, 2.24) is 10.9 Å². The molecule has 29 heavy (non-hydrogen) atoms. The van der Waals surface area contributed by atoms with E-state index in [9.17, 15) is 14.4 Å². The van der Waals surface area contributed by atoms with Crippen LogP contribution in [0.25, 0.3) is 0 Å². The lowest BCUT2D eigenvalue weighted by atomic mass is 10.1. The average Bonchev–Trinajstić information content (AvgIpc) is 2.70. The van der Waals surface area contributed by atoms with E-state index >= 15 is 0 Å². The second-order valence-corrected chi connectivity index (χ2v) is 8.04. The molecule has 0 saturated carbocycles. The van der Waals surface area contributed by atoms with Gasteiger partial charge >= 0.3 is 0 Å². The van der Waals surface area contributed by atoms with Gasteiger partial charge in [-0.25, -0.2) is 0 Å². The third-order valence-corrected chi connectivity index (χ3v) is 5.91. The first-order chi connectivity index (χ1) is 13.8. The van der Waals surface area contributed by atoms with Crippen LogP contribution in [0.15, 0.2) is 47.4 Å². The van der Waals surface area contributed by atoms with E-state index in [-0.39, 0.29) is 12.3 Å². The summed E-state index contributed by atoms with van der Waals surface area (Å²) in [5.41, 5.74) is 7.47. The standard InChI is InChI=1S/C21H23N3O4S/c1-12-7-6-9-16(13(12)2)28-14(3)20(26)24-23-19(25)11-18-21(27)22-15-8-4-5-10-17(15)29-18/h4-10,14,18H,11H2,1-3H3,(H,22,27)(H,23,25)(H,24,26)/t14-,18+/m1/s1. The van der Waals surface area contributed by atoms with E-state index < -0.39 is 23.2 Å². The molecule has 3 rings (SSSR count). The lowest BCUT2D eigenvalue weighted by Gasteiger charge is -2.23. The number of carbonyl (C=O) groups is 3. The van der Waals surface area contributed by atoms with Gasteiger partial charge < -0.3 is 10.1 Å². The number of amides is 3. The number of rotatable bonds is 5. The minimum absolute atomic E-state index is 0.0582. The maximum Gasteiger partial charge on any atom is 0.279 e. The van der Waals surface area contributed by atoms with E-state index in [1.54, 1.807) is 13.0 Å². The monoisotopic (exact) mass is 413 g/mol. The number of thioether (sulfide) groups is 1. The van der Waals surface area contributed by atoms with Crippen molar-refractivity contribution < 1.29 is 19.1 Å². The number of hydrogen-bond donors (Lipinski definition) is 3. The smallest absolute Gasteiger partial charge is 0.279 e. The molecule has 0 fully saturated rings. The topological polar surface area (TPSA) is 96.5 Å². The third kappa shape index (κ3) is 5.08. The van der Waals surface area contributed by atoms with E-state index in [1.807, 2.05) is 50.2 Å². The Morgan fingerprint density at radius 2 is 1.90 bits per heavy atom. The van der Waals surface area contributed by atoms with Crippen molar-refractivity contribution in [3.63, 3.8) is 0 Å². The van der Waals surface area contributed by atoms with Gasteiger partial charge in [0.15, 0.2) is 6.10 Å². The summed E-state index contributed by atoms with van der Waals surface area (Å²) >= 11 is 1.33. The number of nitrogens with one attached hydrogen (secondary N) is 3. The lowest BCUT2D eigenvalue weighted by Crippen LogP contribution is -2.48. The summed E-state index contributed by atoms with van der Waals surface area (Å²) in [4.78, 5) is 37.5. The highest BCUT2D eigenvalue weighted by molar-refractivity contribution is 8.01. The zero-order valence-electron chi connectivity index (χ0n) is 16.4. The van der Waals surface area contributed by atoms with Crippen molar-refractivity contribution >= 4 is 35.2 Å². The van der Waals surface area contributed by atoms with E-state index in [2.05, 4.69) is 16.2 Å². The van der Waals surface area contributed by atoms with Gasteiger partial charge in [0.05, 0.1) is 10.9 Å². The van der Waals surface area contributed by atoms with Crippen molar-refractivity contribution in [2.45, 2.75) is 43.4 Å². The van der Waals surface area contributed by atoms with Crippen LogP contribution in [0.2, 0.25) is 0 Å². The minimum Gasteiger partial charge on any atom is -0.481 e. The number of aryl methyl sites for hydroxylation is 1. The van der Waals surface area contributed by atoms with E-state index in [4.69, 9.17) is 4.74 Å². The lowest BCUT2D eigenvalue weighted by molar-refractivity contribution is -0.133. The molecule has 1 heterocycles. The first-order valence-electron chi connectivity index (χ1n) is 9.23. The molecule has 2 aromatic rings. The van der Waals surface area contributed by atoms with Gasteiger partial charge in [-0.2, -0.15) is 0 Å². The van der Waals surface area contributed by atoms with Crippen LogP contribution in [0.1, 0.15) is 24.5 Å². The molecule has 0 radical (unpaired) electrons. The molecule has 1 aliphatic rings. The zero-order valence-corrected chi connectivity index (χ0v) is 17.3. The van der Waals surface area contributed by atoms with Gasteiger partial charge in [0.1, 0.15) is 5.75 Å². The van der Waals surface area contributed by atoms with Crippen molar-refractivity contribution in [2.24, 2.45) is 0 Å². The molecule has 0 spiro atoms. The Labute approximate surface area is 173 Å². The first-order valence-corrected chi connectivity index (χ1v) is 10.1. The molecule has 8 heteroatoms. The van der Waals surface area contributed by atoms with E-state index in [1.165, 1.54) is 11.8 Å². The quantitative estimate of drug-likeness (QED) is 0.655. The molecule has 152 valence electrons. The Morgan fingerprint density at radius 3 is 2.69 bits per heavy atom. The summed E-state index contributed by atoms with van der Waals surface area (Å²) in [6.45, 7) is 5.48. The summed E-state index contributed by atoms with van der Waals surface area (Å²) < 4.78 is 5.69. The highest BCUT2D eigenvalue weighted by Gasteiger charge is 2.29. The van der Waals surface area contributed by atoms with Crippen LogP contribution < -0.4 is 20.9 Å². The SMILES string of the molecule is Cc1cccc(O[C@H](C)C(=O)NNC(=O)C[C@@H]2Sc3ccccc3NC2=O)c1C. The van der Waals surface area contributed by atoms with Crippen molar-refractivity contribution in [1.29, 1.82) is 0 Å². The first kappa shape index (κ1) is 20.7. The number of carbonyl (C=O) groups excluding carboxylic acids is 3. The maximum absolute atomic E-state index is 12.2. The Kier molecular flexibility index (Phi) is 6.43. The van der Waals surface area contributed by atoms with Gasteiger partial charge in [0.25, 0.3) is 5.91 Å². The van der Waals surface area contributed by atoms with Gasteiger partial charge in [-0.3, -0.25) is 25.2 Å². The van der Waals surface area contributed by atoms with Gasteiger partial charge in [-0.05, 0) is 50.1 Å². The van der Waals surface area contributed by atoms with Crippen LogP contribution in [0.3, 0.4) is 0 Å². The summed E-state index contributed by atoms with van der Waals surface area (Å²) in [6.07, 6.45) is -0.854. The highest BCUT2D eigenvalue weighted by Crippen LogP contribution is 2.36. The van der Waals surface area contributed by atoms with Gasteiger partial charge in [-0.1, -0.05) is 24.3 Å². The summed E-state index contributed by atoms with van der Waals surface area (Å²) in [5, 5.41) is 2.22. The Balaban J connectivity index is 1.49. The molecule has 0 aliphatic carbocycles. The summed E-state index contributed by atoms with van der Waals surface area (Å²) in [7, 11) is 0. The van der Waals surface area contributed by atoms with E-state index in [0.29, 0.717) is 5.75 Å². The molecule has 2 atom stereocenters. The Hall–Kier alpha value is -3.00. The highest BCUT2D eigenvalue weighted by atomic mass is 32.2. The van der Waals surface area contributed by atoms with Crippen LogP contribution >= 0.6 is 11.8 Å². The van der Waals surface area contributed by atoms with Crippen LogP contribution in [0.5, 0.6) is 5.75 Å². The van der Waals surface area contributed by atoms with Crippen LogP contribution in [-0.4, -0.2) is 29.1 Å². The minimum atomic E-state index is -0.796. The zero-order chi connectivity index (χ0) is 21.0.